The smallest absolute Gasteiger partial charge is 0.289 e. The van der Waals surface area contributed by atoms with E-state index in [-0.39, 0.29) is 43.0 Å². The Bertz CT molecular complexity index is 803. The van der Waals surface area contributed by atoms with Gasteiger partial charge < -0.3 is 20.0 Å². The fourth-order valence-corrected chi connectivity index (χ4v) is 2.94. The van der Waals surface area contributed by atoms with E-state index in [0.717, 1.165) is 5.56 Å². The summed E-state index contributed by atoms with van der Waals surface area (Å²) in [6.45, 7) is 0.795. The number of furan rings is 1. The van der Waals surface area contributed by atoms with Crippen LogP contribution in [0.2, 0.25) is 0 Å². The van der Waals surface area contributed by atoms with Gasteiger partial charge in [0, 0.05) is 39.3 Å². The third kappa shape index (κ3) is 3.74. The van der Waals surface area contributed by atoms with Gasteiger partial charge in [0.05, 0.1) is 17.9 Å². The molecule has 0 aromatic carbocycles. The van der Waals surface area contributed by atoms with Gasteiger partial charge in [-0.1, -0.05) is 6.07 Å². The highest BCUT2D eigenvalue weighted by atomic mass is 16.3. The highest BCUT2D eigenvalue weighted by Gasteiger charge is 2.34. The van der Waals surface area contributed by atoms with E-state index in [2.05, 4.69) is 15.6 Å². The number of carbonyl (C=O) groups is 3. The molecule has 0 saturated heterocycles. The van der Waals surface area contributed by atoms with Crippen LogP contribution >= 0.6 is 0 Å². The predicted molar refractivity (Wildman–Crippen MR) is 92.1 cm³/mol. The van der Waals surface area contributed by atoms with Gasteiger partial charge >= 0.3 is 0 Å². The number of hydrogen-bond donors (Lipinski definition) is 2. The third-order valence-electron chi connectivity index (χ3n) is 4.29. The highest BCUT2D eigenvalue weighted by Crippen LogP contribution is 2.27. The normalized spacial score (nSPS) is 15.9. The molecule has 2 aromatic heterocycles. The number of carbonyl (C=O) groups excluding carboxylic acids is 3. The molecule has 1 aliphatic heterocycles. The SMILES string of the molecule is CNC(=O)CCNC(=O)C1CN(C(=O)c2ccco2)Cc2cccnc21. The molecule has 136 valence electrons. The van der Waals surface area contributed by atoms with Crippen LogP contribution in [0.15, 0.2) is 41.1 Å². The van der Waals surface area contributed by atoms with Crippen molar-refractivity contribution in [3.05, 3.63) is 53.7 Å². The topological polar surface area (TPSA) is 105 Å². The van der Waals surface area contributed by atoms with Crippen molar-refractivity contribution >= 4 is 17.7 Å². The third-order valence-corrected chi connectivity index (χ3v) is 4.29. The minimum absolute atomic E-state index is 0.151. The Morgan fingerprint density at radius 3 is 2.88 bits per heavy atom. The molecule has 3 rings (SSSR count). The Labute approximate surface area is 150 Å². The van der Waals surface area contributed by atoms with Gasteiger partial charge in [-0.2, -0.15) is 0 Å². The van der Waals surface area contributed by atoms with Crippen LogP contribution in [-0.2, 0) is 16.1 Å². The molecule has 8 nitrogen and oxygen atoms in total. The molecular formula is C18H20N4O4. The van der Waals surface area contributed by atoms with Crippen molar-refractivity contribution < 1.29 is 18.8 Å². The Balaban J connectivity index is 1.76. The zero-order chi connectivity index (χ0) is 18.5. The molecule has 1 aliphatic rings. The van der Waals surface area contributed by atoms with E-state index in [1.54, 1.807) is 36.3 Å². The van der Waals surface area contributed by atoms with Gasteiger partial charge in [-0.05, 0) is 23.8 Å². The van der Waals surface area contributed by atoms with Gasteiger partial charge in [0.25, 0.3) is 5.91 Å². The zero-order valence-corrected chi connectivity index (χ0v) is 14.4. The van der Waals surface area contributed by atoms with E-state index in [9.17, 15) is 14.4 Å². The zero-order valence-electron chi connectivity index (χ0n) is 14.4. The summed E-state index contributed by atoms with van der Waals surface area (Å²) in [5, 5.41) is 5.26. The minimum Gasteiger partial charge on any atom is -0.459 e. The number of nitrogens with one attached hydrogen (secondary N) is 2. The van der Waals surface area contributed by atoms with Crippen LogP contribution in [0.25, 0.3) is 0 Å². The van der Waals surface area contributed by atoms with Crippen molar-refractivity contribution in [2.45, 2.75) is 18.9 Å². The first-order valence-electron chi connectivity index (χ1n) is 8.35. The number of aromatic nitrogens is 1. The maximum absolute atomic E-state index is 12.6. The van der Waals surface area contributed by atoms with Gasteiger partial charge in [0.1, 0.15) is 0 Å². The summed E-state index contributed by atoms with van der Waals surface area (Å²) >= 11 is 0. The van der Waals surface area contributed by atoms with E-state index in [0.29, 0.717) is 12.2 Å². The molecule has 0 bridgehead atoms. The summed E-state index contributed by atoms with van der Waals surface area (Å²) in [4.78, 5) is 42.5. The summed E-state index contributed by atoms with van der Waals surface area (Å²) in [6, 6.07) is 6.88. The highest BCUT2D eigenvalue weighted by molar-refractivity contribution is 5.93. The molecule has 2 aromatic rings. The summed E-state index contributed by atoms with van der Waals surface area (Å²) in [6.07, 6.45) is 3.27. The average Bonchev–Trinajstić information content (AvgIpc) is 3.21. The lowest BCUT2D eigenvalue weighted by molar-refractivity contribution is -0.123. The lowest BCUT2D eigenvalue weighted by Crippen LogP contribution is -2.44. The van der Waals surface area contributed by atoms with Crippen LogP contribution in [0.4, 0.5) is 0 Å². The van der Waals surface area contributed by atoms with Gasteiger partial charge in [-0.3, -0.25) is 19.4 Å². The molecule has 3 amide bonds. The van der Waals surface area contributed by atoms with Crippen molar-refractivity contribution in [2.75, 3.05) is 20.1 Å². The first-order valence-corrected chi connectivity index (χ1v) is 8.35. The van der Waals surface area contributed by atoms with Crippen LogP contribution < -0.4 is 10.6 Å². The maximum Gasteiger partial charge on any atom is 0.289 e. The van der Waals surface area contributed by atoms with E-state index in [4.69, 9.17) is 4.42 Å². The first kappa shape index (κ1) is 17.7. The summed E-state index contributed by atoms with van der Waals surface area (Å²) in [5.41, 5.74) is 1.48. The molecule has 1 atom stereocenters. The van der Waals surface area contributed by atoms with E-state index < -0.39 is 5.92 Å². The Hall–Kier alpha value is -3.16. The molecule has 2 N–H and O–H groups in total. The molecule has 0 radical (unpaired) electrons. The largest absolute Gasteiger partial charge is 0.459 e. The summed E-state index contributed by atoms with van der Waals surface area (Å²) in [7, 11) is 1.55. The van der Waals surface area contributed by atoms with Gasteiger partial charge in [-0.25, -0.2) is 0 Å². The Morgan fingerprint density at radius 2 is 2.15 bits per heavy atom. The van der Waals surface area contributed by atoms with Gasteiger partial charge in [0.15, 0.2) is 5.76 Å². The average molecular weight is 356 g/mol. The lowest BCUT2D eigenvalue weighted by Gasteiger charge is -2.32. The monoisotopic (exact) mass is 356 g/mol. The van der Waals surface area contributed by atoms with Crippen LogP contribution in [0.1, 0.15) is 34.2 Å². The number of fused-ring (bicyclic) bond motifs is 1. The lowest BCUT2D eigenvalue weighted by atomic mass is 9.93. The number of nitrogens with zero attached hydrogens (tertiary/aromatic N) is 2. The second-order valence-corrected chi connectivity index (χ2v) is 5.98. The Morgan fingerprint density at radius 1 is 1.31 bits per heavy atom. The quantitative estimate of drug-likeness (QED) is 0.819. The van der Waals surface area contributed by atoms with Crippen LogP contribution in [0, 0.1) is 0 Å². The molecule has 26 heavy (non-hydrogen) atoms. The van der Waals surface area contributed by atoms with Crippen LogP contribution in [-0.4, -0.2) is 47.7 Å². The molecule has 0 spiro atoms. The van der Waals surface area contributed by atoms with Crippen molar-refractivity contribution in [1.82, 2.24) is 20.5 Å². The van der Waals surface area contributed by atoms with E-state index >= 15 is 0 Å². The minimum atomic E-state index is -0.594. The maximum atomic E-state index is 12.6. The molecule has 8 heteroatoms. The number of rotatable bonds is 5. The van der Waals surface area contributed by atoms with Crippen molar-refractivity contribution in [3.63, 3.8) is 0 Å². The number of amides is 3. The van der Waals surface area contributed by atoms with Crippen LogP contribution in [0.5, 0.6) is 0 Å². The van der Waals surface area contributed by atoms with Crippen LogP contribution in [0.3, 0.4) is 0 Å². The van der Waals surface area contributed by atoms with Crippen molar-refractivity contribution in [2.24, 2.45) is 0 Å². The summed E-state index contributed by atoms with van der Waals surface area (Å²) in [5.74, 6) is -1.04. The first-order chi connectivity index (χ1) is 12.6. The Kier molecular flexibility index (Phi) is 5.31. The second kappa shape index (κ2) is 7.81. The van der Waals surface area contributed by atoms with Gasteiger partial charge in [0.2, 0.25) is 11.8 Å². The standard InChI is InChI=1S/C18H20N4O4/c1-19-15(23)6-8-21-17(24)13-11-22(18(25)14-5-3-9-26-14)10-12-4-2-7-20-16(12)13/h2-5,7,9,13H,6,8,10-11H2,1H3,(H,19,23)(H,21,24). The van der Waals surface area contributed by atoms with E-state index in [1.165, 1.54) is 6.26 Å². The fourth-order valence-electron chi connectivity index (χ4n) is 2.94. The molecule has 1 unspecified atom stereocenters. The van der Waals surface area contributed by atoms with Crippen molar-refractivity contribution in [3.8, 4) is 0 Å². The number of hydrogen-bond acceptors (Lipinski definition) is 5. The number of pyridine rings is 1. The van der Waals surface area contributed by atoms with Gasteiger partial charge in [-0.15, -0.1) is 0 Å². The van der Waals surface area contributed by atoms with E-state index in [1.807, 2.05) is 6.07 Å². The predicted octanol–water partition coefficient (Wildman–Crippen LogP) is 0.666. The molecule has 0 fully saturated rings. The van der Waals surface area contributed by atoms with Crippen molar-refractivity contribution in [1.29, 1.82) is 0 Å². The summed E-state index contributed by atoms with van der Waals surface area (Å²) < 4.78 is 5.18. The molecular weight excluding hydrogens is 336 g/mol. The molecule has 0 saturated carbocycles. The second-order valence-electron chi connectivity index (χ2n) is 5.98. The molecule has 0 aliphatic carbocycles. The molecule has 3 heterocycles. The fraction of sp³-hybridized carbons (Fsp3) is 0.333.